The molecular weight excluding hydrogens is 455 g/mol. The van der Waals surface area contributed by atoms with Gasteiger partial charge in [-0.1, -0.05) is 30.3 Å². The van der Waals surface area contributed by atoms with Crippen LogP contribution in [-0.2, 0) is 29.6 Å². The standard InChI is InChI=1S/C23H25FN2O4S.ClH/c1-29-23-14-19(6-11-22(23)30-16-18-2-7-20(24)8-3-18)15-26-13-12-17-4-9-21(10-5-17)31(25,27)28;/h2-11,14,26H,12-13,15-16H2,1H3,(H2,25,27,28);1H. The molecule has 32 heavy (non-hydrogen) atoms. The van der Waals surface area contributed by atoms with E-state index in [4.69, 9.17) is 14.6 Å². The molecule has 0 aromatic heterocycles. The predicted octanol–water partition coefficient (Wildman–Crippen LogP) is 3.81. The van der Waals surface area contributed by atoms with Crippen LogP contribution in [-0.4, -0.2) is 22.1 Å². The maximum absolute atomic E-state index is 13.0. The molecule has 3 N–H and O–H groups in total. The SMILES string of the molecule is COc1cc(CNCCc2ccc(S(N)(=O)=O)cc2)ccc1OCc1ccc(F)cc1.Cl. The molecule has 0 amide bonds. The molecule has 0 fully saturated rings. The van der Waals surface area contributed by atoms with Crippen LogP contribution in [0.5, 0.6) is 11.5 Å². The molecular formula is C23H26ClFN2O4S. The number of primary sulfonamides is 1. The van der Waals surface area contributed by atoms with E-state index in [1.165, 1.54) is 24.3 Å². The van der Waals surface area contributed by atoms with Crippen molar-refractivity contribution in [3.05, 3.63) is 89.2 Å². The quantitative estimate of drug-likeness (QED) is 0.430. The first-order valence-corrected chi connectivity index (χ1v) is 11.3. The average Bonchev–Trinajstić information content (AvgIpc) is 2.76. The number of methoxy groups -OCH3 is 1. The van der Waals surface area contributed by atoms with Crippen LogP contribution >= 0.6 is 12.4 Å². The Morgan fingerprint density at radius 3 is 2.16 bits per heavy atom. The van der Waals surface area contributed by atoms with Crippen molar-refractivity contribution in [1.82, 2.24) is 5.32 Å². The number of nitrogens with two attached hydrogens (primary N) is 1. The molecule has 0 saturated heterocycles. The average molecular weight is 481 g/mol. The second-order valence-electron chi connectivity index (χ2n) is 7.02. The number of ether oxygens (including phenoxy) is 2. The summed E-state index contributed by atoms with van der Waals surface area (Å²) in [5.41, 5.74) is 2.92. The van der Waals surface area contributed by atoms with Crippen LogP contribution in [0.3, 0.4) is 0 Å². The normalized spacial score (nSPS) is 11.0. The van der Waals surface area contributed by atoms with Crippen LogP contribution < -0.4 is 19.9 Å². The van der Waals surface area contributed by atoms with Gasteiger partial charge in [-0.05, 0) is 66.1 Å². The van der Waals surface area contributed by atoms with Crippen LogP contribution in [0.4, 0.5) is 4.39 Å². The smallest absolute Gasteiger partial charge is 0.238 e. The Balaban J connectivity index is 0.00000363. The Kier molecular flexibility index (Phi) is 9.46. The predicted molar refractivity (Wildman–Crippen MR) is 124 cm³/mol. The fourth-order valence-corrected chi connectivity index (χ4v) is 3.51. The van der Waals surface area contributed by atoms with E-state index >= 15 is 0 Å². The molecule has 3 aromatic rings. The van der Waals surface area contributed by atoms with Crippen molar-refractivity contribution in [2.45, 2.75) is 24.5 Å². The van der Waals surface area contributed by atoms with Crippen molar-refractivity contribution >= 4 is 22.4 Å². The Morgan fingerprint density at radius 1 is 0.906 bits per heavy atom. The van der Waals surface area contributed by atoms with Gasteiger partial charge in [-0.3, -0.25) is 0 Å². The second kappa shape index (κ2) is 11.8. The summed E-state index contributed by atoms with van der Waals surface area (Å²) >= 11 is 0. The van der Waals surface area contributed by atoms with Crippen molar-refractivity contribution in [2.24, 2.45) is 5.14 Å². The highest BCUT2D eigenvalue weighted by atomic mass is 35.5. The minimum atomic E-state index is -3.67. The number of nitrogens with one attached hydrogen (secondary N) is 1. The highest BCUT2D eigenvalue weighted by Gasteiger charge is 2.08. The van der Waals surface area contributed by atoms with Gasteiger partial charge in [0.15, 0.2) is 11.5 Å². The summed E-state index contributed by atoms with van der Waals surface area (Å²) in [6, 6.07) is 18.4. The van der Waals surface area contributed by atoms with Crippen molar-refractivity contribution in [3.8, 4) is 11.5 Å². The van der Waals surface area contributed by atoms with E-state index < -0.39 is 10.0 Å². The van der Waals surface area contributed by atoms with Crippen LogP contribution in [0.1, 0.15) is 16.7 Å². The van der Waals surface area contributed by atoms with Crippen LogP contribution in [0.25, 0.3) is 0 Å². The van der Waals surface area contributed by atoms with E-state index in [2.05, 4.69) is 5.32 Å². The minimum absolute atomic E-state index is 0. The van der Waals surface area contributed by atoms with Gasteiger partial charge in [-0.25, -0.2) is 17.9 Å². The molecule has 172 valence electrons. The highest BCUT2D eigenvalue weighted by Crippen LogP contribution is 2.29. The van der Waals surface area contributed by atoms with Crippen molar-refractivity contribution < 1.29 is 22.3 Å². The van der Waals surface area contributed by atoms with Gasteiger partial charge in [-0.15, -0.1) is 12.4 Å². The number of hydrogen-bond acceptors (Lipinski definition) is 5. The van der Waals surface area contributed by atoms with E-state index in [0.717, 1.165) is 29.7 Å². The van der Waals surface area contributed by atoms with Gasteiger partial charge >= 0.3 is 0 Å². The van der Waals surface area contributed by atoms with E-state index in [-0.39, 0.29) is 23.1 Å². The number of halogens is 2. The lowest BCUT2D eigenvalue weighted by molar-refractivity contribution is 0.284. The molecule has 0 aliphatic carbocycles. The first-order chi connectivity index (χ1) is 14.8. The fraction of sp³-hybridized carbons (Fsp3) is 0.217. The number of hydrogen-bond donors (Lipinski definition) is 2. The molecule has 0 unspecified atom stereocenters. The van der Waals surface area contributed by atoms with E-state index in [1.54, 1.807) is 31.4 Å². The third-order valence-corrected chi connectivity index (χ3v) is 5.64. The summed E-state index contributed by atoms with van der Waals surface area (Å²) in [5, 5.41) is 8.46. The molecule has 3 rings (SSSR count). The maximum Gasteiger partial charge on any atom is 0.238 e. The van der Waals surface area contributed by atoms with Gasteiger partial charge in [0.1, 0.15) is 12.4 Å². The summed E-state index contributed by atoms with van der Waals surface area (Å²) in [5.74, 6) is 0.962. The van der Waals surface area contributed by atoms with E-state index in [1.807, 2.05) is 18.2 Å². The fourth-order valence-electron chi connectivity index (χ4n) is 2.99. The first-order valence-electron chi connectivity index (χ1n) is 9.72. The van der Waals surface area contributed by atoms with Gasteiger partial charge < -0.3 is 14.8 Å². The number of sulfonamides is 1. The molecule has 0 radical (unpaired) electrons. The van der Waals surface area contributed by atoms with Gasteiger partial charge in [0.05, 0.1) is 12.0 Å². The third kappa shape index (κ3) is 7.49. The van der Waals surface area contributed by atoms with Gasteiger partial charge in [0, 0.05) is 6.54 Å². The molecule has 0 bridgehead atoms. The highest BCUT2D eigenvalue weighted by molar-refractivity contribution is 7.89. The molecule has 9 heteroatoms. The van der Waals surface area contributed by atoms with Crippen molar-refractivity contribution in [3.63, 3.8) is 0 Å². The Labute approximate surface area is 194 Å². The largest absolute Gasteiger partial charge is 0.493 e. The van der Waals surface area contributed by atoms with Gasteiger partial charge in [0.2, 0.25) is 10.0 Å². The summed E-state index contributed by atoms with van der Waals surface area (Å²) in [6.45, 7) is 1.68. The molecule has 0 aliphatic heterocycles. The van der Waals surface area contributed by atoms with Crippen LogP contribution in [0, 0.1) is 5.82 Å². The molecule has 0 saturated carbocycles. The molecule has 0 aliphatic rings. The van der Waals surface area contributed by atoms with Crippen molar-refractivity contribution in [2.75, 3.05) is 13.7 Å². The monoisotopic (exact) mass is 480 g/mol. The summed E-state index contributed by atoms with van der Waals surface area (Å²) in [6.07, 6.45) is 0.751. The lowest BCUT2D eigenvalue weighted by Gasteiger charge is -2.13. The Bertz CT molecular complexity index is 1110. The maximum atomic E-state index is 13.0. The number of rotatable bonds is 10. The minimum Gasteiger partial charge on any atom is -0.493 e. The van der Waals surface area contributed by atoms with Gasteiger partial charge in [0.25, 0.3) is 0 Å². The van der Waals surface area contributed by atoms with Crippen LogP contribution in [0.2, 0.25) is 0 Å². The number of benzene rings is 3. The zero-order valence-electron chi connectivity index (χ0n) is 17.6. The van der Waals surface area contributed by atoms with Crippen LogP contribution in [0.15, 0.2) is 71.6 Å². The molecule has 6 nitrogen and oxygen atoms in total. The summed E-state index contributed by atoms with van der Waals surface area (Å²) < 4.78 is 46.8. The molecule has 0 heterocycles. The Morgan fingerprint density at radius 2 is 1.53 bits per heavy atom. The van der Waals surface area contributed by atoms with E-state index in [9.17, 15) is 12.8 Å². The first kappa shape index (κ1) is 25.6. The second-order valence-corrected chi connectivity index (χ2v) is 8.58. The lowest BCUT2D eigenvalue weighted by Crippen LogP contribution is -2.17. The van der Waals surface area contributed by atoms with Crippen molar-refractivity contribution in [1.29, 1.82) is 0 Å². The van der Waals surface area contributed by atoms with Gasteiger partial charge in [-0.2, -0.15) is 0 Å². The molecule has 0 spiro atoms. The molecule has 0 atom stereocenters. The Hall–Kier alpha value is -2.65. The molecule has 3 aromatic carbocycles. The zero-order valence-corrected chi connectivity index (χ0v) is 19.2. The zero-order chi connectivity index (χ0) is 22.3. The summed E-state index contributed by atoms with van der Waals surface area (Å²) in [4.78, 5) is 0.109. The third-order valence-electron chi connectivity index (χ3n) is 4.71. The topological polar surface area (TPSA) is 90.6 Å². The van der Waals surface area contributed by atoms with E-state index in [0.29, 0.717) is 24.7 Å². The summed E-state index contributed by atoms with van der Waals surface area (Å²) in [7, 11) is -2.08. The lowest BCUT2D eigenvalue weighted by atomic mass is 10.1.